The van der Waals surface area contributed by atoms with Crippen LogP contribution in [0.4, 0.5) is 0 Å². The van der Waals surface area contributed by atoms with Crippen LogP contribution in [0.25, 0.3) is 0 Å². The summed E-state index contributed by atoms with van der Waals surface area (Å²) in [5, 5.41) is 8.63. The van der Waals surface area contributed by atoms with Gasteiger partial charge in [0.2, 0.25) is 5.91 Å². The molecule has 6 nitrogen and oxygen atoms in total. The van der Waals surface area contributed by atoms with Crippen molar-refractivity contribution >= 4 is 11.9 Å². The third kappa shape index (κ3) is 3.25. The maximum atomic E-state index is 12.2. The van der Waals surface area contributed by atoms with Gasteiger partial charge in [0.15, 0.2) is 0 Å². The molecule has 108 valence electrons. The highest BCUT2D eigenvalue weighted by Crippen LogP contribution is 2.28. The summed E-state index contributed by atoms with van der Waals surface area (Å²) in [6.45, 7) is 1.47. The van der Waals surface area contributed by atoms with E-state index in [4.69, 9.17) is 10.8 Å². The Bertz CT molecular complexity index is 361. The van der Waals surface area contributed by atoms with Crippen LogP contribution in [0.5, 0.6) is 0 Å². The number of nitrogens with two attached hydrogens (primary N) is 1. The summed E-state index contributed by atoms with van der Waals surface area (Å²) < 4.78 is 0. The molecule has 0 radical (unpaired) electrons. The van der Waals surface area contributed by atoms with Crippen LogP contribution in [-0.2, 0) is 9.59 Å². The molecule has 2 fully saturated rings. The number of fused-ring (bicyclic) bond motifs is 2. The Labute approximate surface area is 113 Å². The molecule has 19 heavy (non-hydrogen) atoms. The number of carboxylic acids is 1. The van der Waals surface area contributed by atoms with Crippen LogP contribution >= 0.6 is 0 Å². The van der Waals surface area contributed by atoms with Gasteiger partial charge in [0, 0.05) is 31.6 Å². The highest BCUT2D eigenvalue weighted by Gasteiger charge is 2.36. The summed E-state index contributed by atoms with van der Waals surface area (Å²) in [4.78, 5) is 27.0. The molecule has 0 saturated carbocycles. The SMILES string of the molecule is CN1C2CCC1CN(C(=O)C(N)CCC(=O)O)CC2. The van der Waals surface area contributed by atoms with E-state index in [0.717, 1.165) is 25.9 Å². The maximum Gasteiger partial charge on any atom is 0.303 e. The molecule has 2 heterocycles. The number of aliphatic carboxylic acids is 1. The van der Waals surface area contributed by atoms with Gasteiger partial charge < -0.3 is 15.7 Å². The first-order valence-electron chi connectivity index (χ1n) is 6.97. The van der Waals surface area contributed by atoms with E-state index in [1.54, 1.807) is 0 Å². The Morgan fingerprint density at radius 2 is 2.00 bits per heavy atom. The number of amides is 1. The molecule has 2 aliphatic rings. The quantitative estimate of drug-likeness (QED) is 0.742. The number of nitrogens with zero attached hydrogens (tertiary/aromatic N) is 2. The lowest BCUT2D eigenvalue weighted by Gasteiger charge is -2.27. The van der Waals surface area contributed by atoms with Crippen molar-refractivity contribution in [1.82, 2.24) is 9.80 Å². The van der Waals surface area contributed by atoms with Crippen LogP contribution in [0.15, 0.2) is 0 Å². The van der Waals surface area contributed by atoms with Crippen molar-refractivity contribution in [3.8, 4) is 0 Å². The van der Waals surface area contributed by atoms with Crippen molar-refractivity contribution in [2.24, 2.45) is 5.73 Å². The summed E-state index contributed by atoms with van der Waals surface area (Å²) in [5.74, 6) is -1.000. The largest absolute Gasteiger partial charge is 0.481 e. The van der Waals surface area contributed by atoms with Crippen molar-refractivity contribution < 1.29 is 14.7 Å². The second-order valence-corrected chi connectivity index (χ2v) is 5.66. The van der Waals surface area contributed by atoms with E-state index in [1.165, 1.54) is 6.42 Å². The van der Waals surface area contributed by atoms with Crippen LogP contribution in [0, 0.1) is 0 Å². The zero-order valence-electron chi connectivity index (χ0n) is 11.4. The average Bonchev–Trinajstić information content (AvgIpc) is 2.59. The number of hydrogen-bond donors (Lipinski definition) is 2. The first-order valence-corrected chi connectivity index (χ1v) is 6.97. The van der Waals surface area contributed by atoms with Crippen molar-refractivity contribution in [3.63, 3.8) is 0 Å². The smallest absolute Gasteiger partial charge is 0.303 e. The molecule has 2 aliphatic heterocycles. The lowest BCUT2D eigenvalue weighted by molar-refractivity contribution is -0.137. The summed E-state index contributed by atoms with van der Waals surface area (Å²) in [7, 11) is 2.13. The monoisotopic (exact) mass is 269 g/mol. The fourth-order valence-corrected chi connectivity index (χ4v) is 3.15. The predicted molar refractivity (Wildman–Crippen MR) is 70.6 cm³/mol. The third-order valence-corrected chi connectivity index (χ3v) is 4.45. The topological polar surface area (TPSA) is 86.9 Å². The molecule has 3 atom stereocenters. The molecule has 1 amide bonds. The molecular weight excluding hydrogens is 246 g/mol. The molecule has 2 rings (SSSR count). The van der Waals surface area contributed by atoms with Gasteiger partial charge in [-0.15, -0.1) is 0 Å². The highest BCUT2D eigenvalue weighted by atomic mass is 16.4. The normalized spacial score (nSPS) is 29.1. The van der Waals surface area contributed by atoms with Gasteiger partial charge in [-0.25, -0.2) is 0 Å². The zero-order chi connectivity index (χ0) is 14.0. The first kappa shape index (κ1) is 14.3. The summed E-state index contributed by atoms with van der Waals surface area (Å²) >= 11 is 0. The van der Waals surface area contributed by atoms with Crippen molar-refractivity contribution in [3.05, 3.63) is 0 Å². The number of carbonyl (C=O) groups excluding carboxylic acids is 1. The van der Waals surface area contributed by atoms with E-state index < -0.39 is 12.0 Å². The molecule has 2 bridgehead atoms. The summed E-state index contributed by atoms with van der Waals surface area (Å²) in [6.07, 6.45) is 3.51. The van der Waals surface area contributed by atoms with Crippen LogP contribution in [-0.4, -0.2) is 65.0 Å². The van der Waals surface area contributed by atoms with Crippen molar-refractivity contribution in [1.29, 1.82) is 0 Å². The van der Waals surface area contributed by atoms with Gasteiger partial charge in [-0.2, -0.15) is 0 Å². The minimum atomic E-state index is -0.905. The molecule has 0 aromatic rings. The van der Waals surface area contributed by atoms with Crippen molar-refractivity contribution in [2.75, 3.05) is 20.1 Å². The minimum Gasteiger partial charge on any atom is -0.481 e. The van der Waals surface area contributed by atoms with Gasteiger partial charge in [0.05, 0.1) is 6.04 Å². The van der Waals surface area contributed by atoms with E-state index in [-0.39, 0.29) is 18.7 Å². The van der Waals surface area contributed by atoms with Gasteiger partial charge in [0.1, 0.15) is 0 Å². The van der Waals surface area contributed by atoms with Gasteiger partial charge in [-0.1, -0.05) is 0 Å². The standard InChI is InChI=1S/C13H23N3O3/c1-15-9-2-3-10(15)8-16(7-6-9)13(19)11(14)4-5-12(17)18/h9-11H,2-8,14H2,1H3,(H,17,18). The van der Waals surface area contributed by atoms with Crippen LogP contribution in [0.3, 0.4) is 0 Å². The van der Waals surface area contributed by atoms with E-state index in [9.17, 15) is 9.59 Å². The Kier molecular flexibility index (Phi) is 4.42. The fourth-order valence-electron chi connectivity index (χ4n) is 3.15. The van der Waals surface area contributed by atoms with Gasteiger partial charge in [0.25, 0.3) is 0 Å². The Morgan fingerprint density at radius 1 is 1.32 bits per heavy atom. The predicted octanol–water partition coefficient (Wildman–Crippen LogP) is -0.126. The van der Waals surface area contributed by atoms with E-state index in [0.29, 0.717) is 12.1 Å². The highest BCUT2D eigenvalue weighted by molar-refractivity contribution is 5.82. The van der Waals surface area contributed by atoms with Crippen LogP contribution in [0.2, 0.25) is 0 Å². The molecule has 2 saturated heterocycles. The lowest BCUT2D eigenvalue weighted by Crippen LogP contribution is -2.47. The Balaban J connectivity index is 1.90. The molecule has 6 heteroatoms. The molecular formula is C13H23N3O3. The van der Waals surface area contributed by atoms with E-state index in [2.05, 4.69) is 11.9 Å². The molecule has 3 unspecified atom stereocenters. The number of likely N-dealkylation sites (tertiary alicyclic amines) is 1. The number of rotatable bonds is 4. The average molecular weight is 269 g/mol. The third-order valence-electron chi connectivity index (χ3n) is 4.45. The molecule has 3 N–H and O–H groups in total. The van der Waals surface area contributed by atoms with Gasteiger partial charge in [-0.05, 0) is 32.7 Å². The number of carbonyl (C=O) groups is 2. The second-order valence-electron chi connectivity index (χ2n) is 5.66. The first-order chi connectivity index (χ1) is 8.99. The van der Waals surface area contributed by atoms with Gasteiger partial charge in [-0.3, -0.25) is 14.5 Å². The van der Waals surface area contributed by atoms with Gasteiger partial charge >= 0.3 is 5.97 Å². The van der Waals surface area contributed by atoms with E-state index >= 15 is 0 Å². The zero-order valence-corrected chi connectivity index (χ0v) is 11.4. The minimum absolute atomic E-state index is 0.0489. The van der Waals surface area contributed by atoms with Crippen molar-refractivity contribution in [2.45, 2.75) is 50.2 Å². The Hall–Kier alpha value is -1.14. The molecule has 0 aromatic carbocycles. The number of likely N-dealkylation sites (N-methyl/N-ethyl adjacent to an activating group) is 1. The molecule has 0 aliphatic carbocycles. The number of hydrogen-bond acceptors (Lipinski definition) is 4. The Morgan fingerprint density at radius 3 is 2.68 bits per heavy atom. The fraction of sp³-hybridized carbons (Fsp3) is 0.846. The van der Waals surface area contributed by atoms with Crippen LogP contribution in [0.1, 0.15) is 32.1 Å². The van der Waals surface area contributed by atoms with E-state index in [1.807, 2.05) is 4.90 Å². The van der Waals surface area contributed by atoms with Crippen LogP contribution < -0.4 is 5.73 Å². The second kappa shape index (κ2) is 5.88. The lowest BCUT2D eigenvalue weighted by atomic mass is 10.1. The summed E-state index contributed by atoms with van der Waals surface area (Å²) in [5.41, 5.74) is 5.81. The number of carboxylic acid groups (broad SMARTS) is 1. The molecule has 0 aromatic heterocycles. The molecule has 0 spiro atoms. The maximum absolute atomic E-state index is 12.2. The summed E-state index contributed by atoms with van der Waals surface area (Å²) in [6, 6.07) is 0.333.